The summed E-state index contributed by atoms with van der Waals surface area (Å²) in [4.78, 5) is 12.5. The highest BCUT2D eigenvalue weighted by atomic mass is 28.3. The number of para-hydroxylation sites is 1. The third-order valence-corrected chi connectivity index (χ3v) is 5.70. The Morgan fingerprint density at radius 2 is 1.65 bits per heavy atom. The van der Waals surface area contributed by atoms with Gasteiger partial charge in [0.2, 0.25) is 0 Å². The number of carbonyl (C=O) groups is 1. The number of allylic oxidation sites excluding steroid dienone is 2. The van der Waals surface area contributed by atoms with Crippen LogP contribution in [0.3, 0.4) is 0 Å². The van der Waals surface area contributed by atoms with E-state index in [2.05, 4.69) is 63.1 Å². The Morgan fingerprint density at radius 1 is 1.04 bits per heavy atom. The molecule has 0 fully saturated rings. The first-order valence-corrected chi connectivity index (χ1v) is 13.1. The monoisotopic (exact) mass is 365 g/mol. The molecule has 0 aliphatic carbocycles. The van der Waals surface area contributed by atoms with Crippen LogP contribution in [-0.4, -0.2) is 13.9 Å². The first-order valence-electron chi connectivity index (χ1n) is 9.35. The van der Waals surface area contributed by atoms with Crippen LogP contribution in [0.25, 0.3) is 0 Å². The molecule has 0 radical (unpaired) electrons. The van der Waals surface area contributed by atoms with E-state index in [0.29, 0.717) is 12.0 Å². The summed E-state index contributed by atoms with van der Waals surface area (Å²) in [5.74, 6) is 0.580. The van der Waals surface area contributed by atoms with Crippen LogP contribution in [0, 0.1) is 6.92 Å². The fourth-order valence-electron chi connectivity index (χ4n) is 2.96. The van der Waals surface area contributed by atoms with Crippen molar-refractivity contribution >= 4 is 19.5 Å². The minimum atomic E-state index is -1.41. The van der Waals surface area contributed by atoms with E-state index in [4.69, 9.17) is 0 Å². The number of hydrogen-bond acceptors (Lipinski definition) is 2. The summed E-state index contributed by atoms with van der Waals surface area (Å²) < 4.78 is 0. The van der Waals surface area contributed by atoms with Gasteiger partial charge in [-0.05, 0) is 37.0 Å². The molecule has 2 rings (SSSR count). The predicted octanol–water partition coefficient (Wildman–Crippen LogP) is 6.39. The maximum absolute atomic E-state index is 12.5. The van der Waals surface area contributed by atoms with E-state index < -0.39 is 8.07 Å². The van der Waals surface area contributed by atoms with Gasteiger partial charge in [-0.15, -0.1) is 0 Å². The van der Waals surface area contributed by atoms with E-state index in [-0.39, 0.29) is 5.78 Å². The quantitative estimate of drug-likeness (QED) is 0.433. The van der Waals surface area contributed by atoms with Crippen LogP contribution < -0.4 is 5.32 Å². The molecule has 0 aliphatic heterocycles. The van der Waals surface area contributed by atoms with Crippen molar-refractivity contribution in [3.63, 3.8) is 0 Å². The number of ketones is 1. The molecule has 0 saturated carbocycles. The van der Waals surface area contributed by atoms with Crippen LogP contribution in [0.1, 0.15) is 30.4 Å². The van der Waals surface area contributed by atoms with Crippen molar-refractivity contribution in [2.75, 3.05) is 5.32 Å². The molecule has 0 heterocycles. The van der Waals surface area contributed by atoms with Crippen molar-refractivity contribution in [2.24, 2.45) is 0 Å². The zero-order valence-corrected chi connectivity index (χ0v) is 17.7. The highest BCUT2D eigenvalue weighted by Crippen LogP contribution is 2.25. The first kappa shape index (κ1) is 20.2. The number of nitrogens with one attached hydrogen (secondary N) is 1. The molecule has 0 saturated heterocycles. The van der Waals surface area contributed by atoms with E-state index in [1.807, 2.05) is 36.4 Å². The molecule has 26 heavy (non-hydrogen) atoms. The van der Waals surface area contributed by atoms with Gasteiger partial charge in [-0.3, -0.25) is 4.79 Å². The van der Waals surface area contributed by atoms with Gasteiger partial charge in [0.15, 0.2) is 5.78 Å². The predicted molar refractivity (Wildman–Crippen MR) is 116 cm³/mol. The molecule has 2 aromatic rings. The van der Waals surface area contributed by atoms with Crippen LogP contribution in [0.4, 0.5) is 5.69 Å². The van der Waals surface area contributed by atoms with Crippen molar-refractivity contribution in [1.82, 2.24) is 0 Å². The van der Waals surface area contributed by atoms with Crippen molar-refractivity contribution in [1.29, 1.82) is 0 Å². The Balaban J connectivity index is 2.19. The van der Waals surface area contributed by atoms with Crippen molar-refractivity contribution in [3.8, 4) is 0 Å². The van der Waals surface area contributed by atoms with Gasteiger partial charge >= 0.3 is 0 Å². The smallest absolute Gasteiger partial charge is 0.154 e. The second kappa shape index (κ2) is 8.99. The third-order valence-electron chi connectivity index (χ3n) is 4.29. The molecule has 0 bridgehead atoms. The number of hydrogen-bond donors (Lipinski definition) is 1. The van der Waals surface area contributed by atoms with E-state index in [9.17, 15) is 4.79 Å². The summed E-state index contributed by atoms with van der Waals surface area (Å²) in [7, 11) is -1.41. The molecular weight excluding hydrogens is 334 g/mol. The summed E-state index contributed by atoms with van der Waals surface area (Å²) in [6.07, 6.45) is 2.64. The zero-order valence-electron chi connectivity index (χ0n) is 16.7. The highest BCUT2D eigenvalue weighted by Gasteiger charge is 2.18. The standard InChI is InChI=1S/C23H31NOSi/c1-18-11-13-20(14-12-18)19(2)15-22(16-23(25)17-26(3,4)5)24-21-9-7-6-8-10-21/h6-14,16,19,24H,15,17H2,1-5H3/b22-16-. The van der Waals surface area contributed by atoms with E-state index in [0.717, 1.165) is 17.8 Å². The highest BCUT2D eigenvalue weighted by molar-refractivity contribution is 6.79. The van der Waals surface area contributed by atoms with Crippen LogP contribution in [0.5, 0.6) is 0 Å². The molecular formula is C23H31NOSi. The van der Waals surface area contributed by atoms with Crippen molar-refractivity contribution in [3.05, 3.63) is 77.5 Å². The Morgan fingerprint density at radius 3 is 2.23 bits per heavy atom. The maximum atomic E-state index is 12.5. The summed E-state index contributed by atoms with van der Waals surface area (Å²) >= 11 is 0. The molecule has 0 aliphatic rings. The Hall–Kier alpha value is -2.13. The fraction of sp³-hybridized carbons (Fsp3) is 0.348. The van der Waals surface area contributed by atoms with Gasteiger partial charge in [-0.25, -0.2) is 0 Å². The number of rotatable bonds is 8. The summed E-state index contributed by atoms with van der Waals surface area (Å²) in [6.45, 7) is 11.0. The molecule has 1 N–H and O–H groups in total. The molecule has 138 valence electrons. The molecule has 0 aromatic heterocycles. The van der Waals surface area contributed by atoms with E-state index >= 15 is 0 Å². The lowest BCUT2D eigenvalue weighted by atomic mass is 9.95. The number of benzene rings is 2. The minimum absolute atomic E-state index is 0.235. The Labute approximate surface area is 159 Å². The summed E-state index contributed by atoms with van der Waals surface area (Å²) in [6, 6.07) is 19.4. The molecule has 2 nitrogen and oxygen atoms in total. The Kier molecular flexibility index (Phi) is 6.98. The Bertz CT molecular complexity index is 742. The topological polar surface area (TPSA) is 29.1 Å². The van der Waals surface area contributed by atoms with Gasteiger partial charge in [0.1, 0.15) is 0 Å². The number of carbonyl (C=O) groups excluding carboxylic acids is 1. The minimum Gasteiger partial charge on any atom is -0.359 e. The van der Waals surface area contributed by atoms with Gasteiger partial charge in [-0.1, -0.05) is 74.6 Å². The van der Waals surface area contributed by atoms with Crippen LogP contribution in [0.15, 0.2) is 66.4 Å². The summed E-state index contributed by atoms with van der Waals surface area (Å²) in [5.41, 5.74) is 4.58. The fourth-order valence-corrected chi connectivity index (χ4v) is 4.11. The van der Waals surface area contributed by atoms with E-state index in [1.54, 1.807) is 0 Å². The molecule has 1 unspecified atom stereocenters. The van der Waals surface area contributed by atoms with Gasteiger partial charge in [0.05, 0.1) is 8.07 Å². The SMILES string of the molecule is Cc1ccc(C(C)C/C(=C/C(=O)C[Si](C)(C)C)Nc2ccccc2)cc1. The average Bonchev–Trinajstić information content (AvgIpc) is 2.54. The first-order chi connectivity index (χ1) is 12.2. The lowest BCUT2D eigenvalue weighted by molar-refractivity contribution is -0.112. The molecule has 0 spiro atoms. The second-order valence-corrected chi connectivity index (χ2v) is 13.9. The number of aryl methyl sites for hydroxylation is 1. The van der Waals surface area contributed by atoms with Gasteiger partial charge < -0.3 is 5.32 Å². The van der Waals surface area contributed by atoms with Gasteiger partial charge in [0.25, 0.3) is 0 Å². The lowest BCUT2D eigenvalue weighted by Gasteiger charge is -2.18. The van der Waals surface area contributed by atoms with Crippen LogP contribution >= 0.6 is 0 Å². The summed E-state index contributed by atoms with van der Waals surface area (Å²) in [5, 5.41) is 3.46. The van der Waals surface area contributed by atoms with Gasteiger partial charge in [-0.2, -0.15) is 0 Å². The molecule has 1 atom stereocenters. The number of anilines is 1. The van der Waals surface area contributed by atoms with Crippen molar-refractivity contribution < 1.29 is 4.79 Å². The van der Waals surface area contributed by atoms with Crippen molar-refractivity contribution in [2.45, 2.75) is 51.9 Å². The molecule has 2 aromatic carbocycles. The lowest BCUT2D eigenvalue weighted by Crippen LogP contribution is -2.23. The van der Waals surface area contributed by atoms with Gasteiger partial charge in [0, 0.05) is 23.5 Å². The largest absolute Gasteiger partial charge is 0.359 e. The van der Waals surface area contributed by atoms with Crippen LogP contribution in [0.2, 0.25) is 25.7 Å². The second-order valence-electron chi connectivity index (χ2n) is 8.38. The maximum Gasteiger partial charge on any atom is 0.154 e. The average molecular weight is 366 g/mol. The zero-order chi connectivity index (χ0) is 19.2. The molecule has 0 amide bonds. The third kappa shape index (κ3) is 7.01. The van der Waals surface area contributed by atoms with Crippen LogP contribution in [-0.2, 0) is 4.79 Å². The normalized spacial score (nSPS) is 13.3. The van der Waals surface area contributed by atoms with E-state index in [1.165, 1.54) is 11.1 Å². The molecule has 3 heteroatoms.